The van der Waals surface area contributed by atoms with Crippen LogP contribution in [0.5, 0.6) is 5.75 Å². The molecule has 2 aromatic carbocycles. The van der Waals surface area contributed by atoms with E-state index < -0.39 is 0 Å². The zero-order valence-corrected chi connectivity index (χ0v) is 15.7. The highest BCUT2D eigenvalue weighted by atomic mass is 16.5. The lowest BCUT2D eigenvalue weighted by Crippen LogP contribution is -2.49. The summed E-state index contributed by atoms with van der Waals surface area (Å²) in [5.74, 6) is 1.59. The van der Waals surface area contributed by atoms with Crippen LogP contribution in [0, 0.1) is 0 Å². The molecule has 0 bridgehead atoms. The van der Waals surface area contributed by atoms with Gasteiger partial charge in [0.1, 0.15) is 5.75 Å². The van der Waals surface area contributed by atoms with Crippen molar-refractivity contribution in [3.8, 4) is 5.75 Å². The van der Waals surface area contributed by atoms with E-state index in [1.165, 1.54) is 29.9 Å². The Balaban J connectivity index is 1.40. The Morgan fingerprint density at radius 3 is 2.85 bits per heavy atom. The first-order valence-electron chi connectivity index (χ1n) is 9.70. The highest BCUT2D eigenvalue weighted by molar-refractivity contribution is 5.80. The minimum atomic E-state index is 0.635. The third-order valence-electron chi connectivity index (χ3n) is 6.42. The number of likely N-dealkylation sites (tertiary alicyclic amines) is 1. The molecule has 0 spiro atoms. The molecule has 0 radical (unpaired) electrons. The van der Waals surface area contributed by atoms with E-state index in [1.807, 2.05) is 6.07 Å². The predicted molar refractivity (Wildman–Crippen MR) is 106 cm³/mol. The van der Waals surface area contributed by atoms with Crippen LogP contribution in [0.4, 0.5) is 11.4 Å². The lowest BCUT2D eigenvalue weighted by Gasteiger charge is -2.41. The number of benzene rings is 2. The van der Waals surface area contributed by atoms with Crippen LogP contribution in [0.1, 0.15) is 23.5 Å². The maximum Gasteiger partial charge on any atom is 0.119 e. The van der Waals surface area contributed by atoms with Gasteiger partial charge in [-0.3, -0.25) is 4.90 Å². The SMILES string of the molecule is COc1cccc(CN2CC[C@H]3[C@@H](C2)c2cccc4c2N3CCN4C)c1. The van der Waals surface area contributed by atoms with Crippen molar-refractivity contribution in [1.82, 2.24) is 4.90 Å². The van der Waals surface area contributed by atoms with Crippen molar-refractivity contribution >= 4 is 11.4 Å². The fraction of sp³-hybridized carbons (Fsp3) is 0.455. The number of anilines is 2. The molecule has 0 aromatic heterocycles. The first kappa shape index (κ1) is 16.0. The summed E-state index contributed by atoms with van der Waals surface area (Å²) >= 11 is 0. The molecule has 4 nitrogen and oxygen atoms in total. The van der Waals surface area contributed by atoms with Crippen LogP contribution in [-0.4, -0.2) is 51.3 Å². The van der Waals surface area contributed by atoms with Gasteiger partial charge in [0.15, 0.2) is 0 Å². The number of piperidine rings is 1. The molecule has 1 fully saturated rings. The van der Waals surface area contributed by atoms with E-state index in [4.69, 9.17) is 4.74 Å². The molecule has 3 aliphatic heterocycles. The van der Waals surface area contributed by atoms with Crippen molar-refractivity contribution in [2.45, 2.75) is 24.9 Å². The second-order valence-electron chi connectivity index (χ2n) is 7.88. The van der Waals surface area contributed by atoms with Gasteiger partial charge in [-0.05, 0) is 35.7 Å². The first-order valence-corrected chi connectivity index (χ1v) is 9.70. The molecule has 0 amide bonds. The van der Waals surface area contributed by atoms with Crippen LogP contribution in [0.25, 0.3) is 0 Å². The monoisotopic (exact) mass is 349 g/mol. The molecule has 2 aromatic rings. The van der Waals surface area contributed by atoms with E-state index in [0.717, 1.165) is 31.9 Å². The number of likely N-dealkylation sites (N-methyl/N-ethyl adjacent to an activating group) is 1. The van der Waals surface area contributed by atoms with Gasteiger partial charge in [-0.15, -0.1) is 0 Å². The largest absolute Gasteiger partial charge is 0.497 e. The van der Waals surface area contributed by atoms with Crippen molar-refractivity contribution in [2.24, 2.45) is 0 Å². The van der Waals surface area contributed by atoms with Gasteiger partial charge in [0.25, 0.3) is 0 Å². The maximum atomic E-state index is 5.39. The number of para-hydroxylation sites is 1. The fourth-order valence-electron chi connectivity index (χ4n) is 5.15. The van der Waals surface area contributed by atoms with Gasteiger partial charge < -0.3 is 14.5 Å². The molecular formula is C22H27N3O. The summed E-state index contributed by atoms with van der Waals surface area (Å²) in [5.41, 5.74) is 5.84. The standard InChI is InChI=1S/C22H27N3O/c1-23-11-12-25-20-9-10-24(14-16-5-3-6-17(13-16)26-2)15-19(20)18-7-4-8-21(23)22(18)25/h3-8,13,19-20H,9-12,14-15H2,1-2H3/t19-,20-/m0/s1. The second kappa shape index (κ2) is 6.20. The summed E-state index contributed by atoms with van der Waals surface area (Å²) in [7, 11) is 3.97. The summed E-state index contributed by atoms with van der Waals surface area (Å²) in [5, 5.41) is 0. The second-order valence-corrected chi connectivity index (χ2v) is 7.88. The van der Waals surface area contributed by atoms with Crippen LogP contribution in [0.15, 0.2) is 42.5 Å². The van der Waals surface area contributed by atoms with E-state index in [1.54, 1.807) is 12.7 Å². The number of rotatable bonds is 3. The molecule has 5 rings (SSSR count). The smallest absolute Gasteiger partial charge is 0.119 e. The summed E-state index contributed by atoms with van der Waals surface area (Å²) < 4.78 is 5.39. The molecule has 4 heteroatoms. The van der Waals surface area contributed by atoms with Crippen LogP contribution >= 0.6 is 0 Å². The Morgan fingerprint density at radius 2 is 1.96 bits per heavy atom. The van der Waals surface area contributed by atoms with Gasteiger partial charge in [-0.25, -0.2) is 0 Å². The summed E-state index contributed by atoms with van der Waals surface area (Å²) in [6.07, 6.45) is 1.26. The average Bonchev–Trinajstić information content (AvgIpc) is 2.99. The van der Waals surface area contributed by atoms with E-state index in [-0.39, 0.29) is 0 Å². The predicted octanol–water partition coefficient (Wildman–Crippen LogP) is 3.32. The minimum Gasteiger partial charge on any atom is -0.497 e. The van der Waals surface area contributed by atoms with E-state index in [9.17, 15) is 0 Å². The number of hydrogen-bond donors (Lipinski definition) is 0. The number of fused-ring (bicyclic) bond motifs is 3. The van der Waals surface area contributed by atoms with E-state index in [2.05, 4.69) is 58.1 Å². The molecule has 0 unspecified atom stereocenters. The van der Waals surface area contributed by atoms with E-state index >= 15 is 0 Å². The van der Waals surface area contributed by atoms with Gasteiger partial charge in [0.2, 0.25) is 0 Å². The Hall–Kier alpha value is -2.20. The summed E-state index contributed by atoms with van der Waals surface area (Å²) in [4.78, 5) is 7.75. The van der Waals surface area contributed by atoms with Crippen molar-refractivity contribution in [2.75, 3.05) is 50.1 Å². The number of hydrogen-bond acceptors (Lipinski definition) is 4. The highest BCUT2D eigenvalue weighted by Gasteiger charge is 2.44. The topological polar surface area (TPSA) is 19.0 Å². The van der Waals surface area contributed by atoms with Crippen LogP contribution in [-0.2, 0) is 6.54 Å². The van der Waals surface area contributed by atoms with Crippen LogP contribution in [0.3, 0.4) is 0 Å². The summed E-state index contributed by atoms with van der Waals surface area (Å²) in [6.45, 7) is 5.63. The van der Waals surface area contributed by atoms with Crippen molar-refractivity contribution < 1.29 is 4.74 Å². The van der Waals surface area contributed by atoms with Gasteiger partial charge in [0, 0.05) is 51.7 Å². The fourth-order valence-corrected chi connectivity index (χ4v) is 5.15. The van der Waals surface area contributed by atoms with Gasteiger partial charge >= 0.3 is 0 Å². The molecular weight excluding hydrogens is 322 g/mol. The quantitative estimate of drug-likeness (QED) is 0.846. The van der Waals surface area contributed by atoms with Crippen molar-refractivity contribution in [3.05, 3.63) is 53.6 Å². The van der Waals surface area contributed by atoms with Crippen LogP contribution < -0.4 is 14.5 Å². The van der Waals surface area contributed by atoms with Gasteiger partial charge in [0.05, 0.1) is 18.5 Å². The lowest BCUT2D eigenvalue weighted by atomic mass is 9.89. The Kier molecular flexibility index (Phi) is 3.82. The molecule has 3 heterocycles. The first-order chi connectivity index (χ1) is 12.7. The molecule has 3 aliphatic rings. The average molecular weight is 349 g/mol. The Bertz CT molecular complexity index is 821. The Labute approximate surface area is 156 Å². The third kappa shape index (κ3) is 2.47. The van der Waals surface area contributed by atoms with Crippen LogP contribution in [0.2, 0.25) is 0 Å². The Morgan fingerprint density at radius 1 is 1.08 bits per heavy atom. The molecule has 2 atom stereocenters. The van der Waals surface area contributed by atoms with Crippen molar-refractivity contribution in [3.63, 3.8) is 0 Å². The number of methoxy groups -OCH3 is 1. The minimum absolute atomic E-state index is 0.635. The molecule has 0 aliphatic carbocycles. The molecule has 0 saturated carbocycles. The normalized spacial score (nSPS) is 24.4. The van der Waals surface area contributed by atoms with Gasteiger partial charge in [-0.2, -0.15) is 0 Å². The van der Waals surface area contributed by atoms with Gasteiger partial charge in [-0.1, -0.05) is 24.3 Å². The molecule has 136 valence electrons. The third-order valence-corrected chi connectivity index (χ3v) is 6.42. The molecule has 0 N–H and O–H groups in total. The summed E-state index contributed by atoms with van der Waals surface area (Å²) in [6, 6.07) is 16.1. The zero-order chi connectivity index (χ0) is 17.7. The number of ether oxygens (including phenoxy) is 1. The maximum absolute atomic E-state index is 5.39. The number of nitrogens with zero attached hydrogens (tertiary/aromatic N) is 3. The van der Waals surface area contributed by atoms with Crippen molar-refractivity contribution in [1.29, 1.82) is 0 Å². The highest BCUT2D eigenvalue weighted by Crippen LogP contribution is 2.50. The molecule has 26 heavy (non-hydrogen) atoms. The lowest BCUT2D eigenvalue weighted by molar-refractivity contribution is 0.186. The molecule has 1 saturated heterocycles. The van der Waals surface area contributed by atoms with E-state index in [0.29, 0.717) is 12.0 Å². The zero-order valence-electron chi connectivity index (χ0n) is 15.7.